The van der Waals surface area contributed by atoms with Crippen molar-refractivity contribution >= 4 is 23.5 Å². The third-order valence-corrected chi connectivity index (χ3v) is 8.00. The fraction of sp³-hybridized carbons (Fsp3) is 0.441. The van der Waals surface area contributed by atoms with Gasteiger partial charge >= 0.3 is 6.09 Å². The van der Waals surface area contributed by atoms with Crippen LogP contribution in [0.3, 0.4) is 0 Å². The minimum absolute atomic E-state index is 0.0603. The molecule has 10 heteroatoms. The van der Waals surface area contributed by atoms with Crippen LogP contribution in [0.15, 0.2) is 54.9 Å². The van der Waals surface area contributed by atoms with Gasteiger partial charge in [0.2, 0.25) is 0 Å². The third-order valence-electron chi connectivity index (χ3n) is 7.69. The van der Waals surface area contributed by atoms with Crippen molar-refractivity contribution in [2.45, 2.75) is 83.5 Å². The Morgan fingerprint density at radius 3 is 2.52 bits per heavy atom. The molecule has 4 rings (SSSR count). The number of hydrogen-bond donors (Lipinski definition) is 0. The highest BCUT2D eigenvalue weighted by Crippen LogP contribution is 2.32. The van der Waals surface area contributed by atoms with Crippen molar-refractivity contribution in [2.24, 2.45) is 0 Å². The molecule has 1 amide bonds. The van der Waals surface area contributed by atoms with Gasteiger partial charge in [-0.15, -0.1) is 0 Å². The van der Waals surface area contributed by atoms with Crippen LogP contribution in [0, 0.1) is 17.5 Å². The molecule has 3 atom stereocenters. The minimum Gasteiger partial charge on any atom is -0.444 e. The number of benzene rings is 2. The zero-order valence-electron chi connectivity index (χ0n) is 25.4. The quantitative estimate of drug-likeness (QED) is 0.228. The molecule has 0 unspecified atom stereocenters. The Morgan fingerprint density at radius 1 is 1.09 bits per heavy atom. The molecule has 1 saturated heterocycles. The molecule has 1 aliphatic heterocycles. The zero-order valence-corrected chi connectivity index (χ0v) is 26.2. The normalized spacial score (nSPS) is 17.8. The third kappa shape index (κ3) is 8.82. The highest BCUT2D eigenvalue weighted by atomic mass is 35.5. The number of carbonyl (C=O) groups excluding carboxylic acids is 2. The van der Waals surface area contributed by atoms with Crippen LogP contribution in [0.1, 0.15) is 75.1 Å². The summed E-state index contributed by atoms with van der Waals surface area (Å²) in [7, 11) is 0. The van der Waals surface area contributed by atoms with Crippen LogP contribution < -0.4 is 0 Å². The van der Waals surface area contributed by atoms with E-state index in [2.05, 4.69) is 4.98 Å². The van der Waals surface area contributed by atoms with Gasteiger partial charge in [-0.2, -0.15) is 0 Å². The summed E-state index contributed by atoms with van der Waals surface area (Å²) >= 11 is 5.87. The predicted molar refractivity (Wildman–Crippen MR) is 162 cm³/mol. The summed E-state index contributed by atoms with van der Waals surface area (Å²) in [5.41, 5.74) is 1.12. The summed E-state index contributed by atoms with van der Waals surface area (Å²) in [6.07, 6.45) is 3.01. The van der Waals surface area contributed by atoms with Crippen LogP contribution >= 0.6 is 11.6 Å². The number of aromatic nitrogens is 1. The molecular weight excluding hydrogens is 593 g/mol. The lowest BCUT2D eigenvalue weighted by Crippen LogP contribution is -2.53. The van der Waals surface area contributed by atoms with E-state index in [1.807, 2.05) is 27.7 Å². The molecule has 0 saturated carbocycles. The van der Waals surface area contributed by atoms with E-state index in [-0.39, 0.29) is 42.2 Å². The number of morpholine rings is 1. The van der Waals surface area contributed by atoms with Gasteiger partial charge in [0.1, 0.15) is 28.8 Å². The van der Waals surface area contributed by atoms with E-state index in [0.29, 0.717) is 48.2 Å². The van der Waals surface area contributed by atoms with E-state index in [1.165, 1.54) is 36.5 Å². The number of carbonyl (C=O) groups is 2. The molecular formula is C34H38ClF3N2O4. The average Bonchev–Trinajstić information content (AvgIpc) is 2.96. The van der Waals surface area contributed by atoms with Crippen molar-refractivity contribution in [1.82, 2.24) is 9.88 Å². The fourth-order valence-corrected chi connectivity index (χ4v) is 5.57. The Morgan fingerprint density at radius 2 is 1.84 bits per heavy atom. The number of hydrogen-bond acceptors (Lipinski definition) is 5. The lowest BCUT2D eigenvalue weighted by molar-refractivity contribution is -0.118. The first-order valence-electron chi connectivity index (χ1n) is 14.8. The topological polar surface area (TPSA) is 68.7 Å². The molecule has 0 bridgehead atoms. The number of rotatable bonds is 10. The Bertz CT molecular complexity index is 1480. The lowest BCUT2D eigenvalue weighted by atomic mass is 9.85. The number of ether oxygens (including phenoxy) is 2. The predicted octanol–water partition coefficient (Wildman–Crippen LogP) is 7.83. The average molecular weight is 631 g/mol. The Hall–Kier alpha value is -3.43. The van der Waals surface area contributed by atoms with Crippen LogP contribution in [0.2, 0.25) is 5.02 Å². The second-order valence-electron chi connectivity index (χ2n) is 12.1. The van der Waals surface area contributed by atoms with Crippen LogP contribution in [0.4, 0.5) is 18.0 Å². The van der Waals surface area contributed by atoms with Gasteiger partial charge in [0.05, 0.1) is 36.5 Å². The molecule has 1 aromatic heterocycles. The van der Waals surface area contributed by atoms with Crippen molar-refractivity contribution in [2.75, 3.05) is 13.2 Å². The van der Waals surface area contributed by atoms with E-state index in [4.69, 9.17) is 21.1 Å². The highest BCUT2D eigenvalue weighted by Gasteiger charge is 2.34. The van der Waals surface area contributed by atoms with Gasteiger partial charge in [-0.05, 0) is 86.6 Å². The van der Waals surface area contributed by atoms with Crippen LogP contribution in [-0.4, -0.2) is 52.7 Å². The molecule has 2 aromatic carbocycles. The maximum Gasteiger partial charge on any atom is 0.410 e. The molecule has 3 aromatic rings. The van der Waals surface area contributed by atoms with Crippen LogP contribution in [0.5, 0.6) is 0 Å². The van der Waals surface area contributed by atoms with E-state index in [0.717, 1.165) is 6.20 Å². The molecule has 236 valence electrons. The molecule has 0 radical (unpaired) electrons. The maximum absolute atomic E-state index is 15.1. The summed E-state index contributed by atoms with van der Waals surface area (Å²) in [6, 6.07) is 9.95. The van der Waals surface area contributed by atoms with Crippen molar-refractivity contribution in [3.63, 3.8) is 0 Å². The largest absolute Gasteiger partial charge is 0.444 e. The number of amides is 1. The molecule has 1 fully saturated rings. The first-order chi connectivity index (χ1) is 20.8. The smallest absolute Gasteiger partial charge is 0.410 e. The number of ketones is 1. The van der Waals surface area contributed by atoms with Gasteiger partial charge in [0.15, 0.2) is 0 Å². The van der Waals surface area contributed by atoms with Crippen molar-refractivity contribution in [1.29, 1.82) is 0 Å². The number of halogens is 4. The van der Waals surface area contributed by atoms with Crippen molar-refractivity contribution < 1.29 is 32.2 Å². The summed E-state index contributed by atoms with van der Waals surface area (Å²) in [5, 5.41) is -0.0603. The van der Waals surface area contributed by atoms with Gasteiger partial charge < -0.3 is 14.4 Å². The van der Waals surface area contributed by atoms with E-state index < -0.39 is 35.1 Å². The Labute approximate surface area is 261 Å². The number of nitrogens with zero attached hydrogens (tertiary/aromatic N) is 2. The van der Waals surface area contributed by atoms with Crippen LogP contribution in [-0.2, 0) is 27.1 Å². The molecule has 2 heterocycles. The van der Waals surface area contributed by atoms with Crippen molar-refractivity contribution in [3.05, 3.63) is 99.6 Å². The second-order valence-corrected chi connectivity index (χ2v) is 12.6. The number of pyridine rings is 1. The second kappa shape index (κ2) is 14.6. The molecule has 1 aliphatic rings. The van der Waals surface area contributed by atoms with Gasteiger partial charge in [-0.25, -0.2) is 18.0 Å². The maximum atomic E-state index is 15.1. The molecule has 0 N–H and O–H groups in total. The van der Waals surface area contributed by atoms with Gasteiger partial charge in [-0.1, -0.05) is 36.7 Å². The minimum atomic E-state index is -0.643. The van der Waals surface area contributed by atoms with Crippen LogP contribution in [0.25, 0.3) is 0 Å². The molecule has 0 spiro atoms. The van der Waals surface area contributed by atoms with Gasteiger partial charge in [0, 0.05) is 25.0 Å². The molecule has 0 aliphatic carbocycles. The number of Topliss-reactive ketones (excluding diaryl/α,β-unsaturated/α-hetero) is 1. The first-order valence-corrected chi connectivity index (χ1v) is 15.2. The zero-order chi connectivity index (χ0) is 32.0. The summed E-state index contributed by atoms with van der Waals surface area (Å²) in [4.78, 5) is 32.0. The SMILES string of the molecule is CC[C@@H]1CO[C@H](CCc2c(F)cncc2CC(=O)C[C@H](c2cccc(F)c2)c2ccc(Cl)c(F)c2)CN1C(=O)OC(C)(C)C. The fourth-order valence-electron chi connectivity index (χ4n) is 5.45. The van der Waals surface area contributed by atoms with Crippen molar-refractivity contribution in [3.8, 4) is 0 Å². The summed E-state index contributed by atoms with van der Waals surface area (Å²) in [6.45, 7) is 8.06. The standard InChI is InChI=1S/C34H38ClF3N2O4/c1-5-25-20-43-27(19-40(25)33(42)44-34(2,3)4)10-11-28-23(17-39-18-32(28)38)14-26(41)16-29(21-7-6-8-24(36)13-21)22-9-12-30(35)31(37)15-22/h6-9,12-13,15,17-18,25,27,29H,5,10-11,14,16,19-20H2,1-4H3/t25-,27-,29-/m1/s1. The molecule has 6 nitrogen and oxygen atoms in total. The highest BCUT2D eigenvalue weighted by molar-refractivity contribution is 6.30. The van der Waals surface area contributed by atoms with Gasteiger partial charge in [0.25, 0.3) is 0 Å². The van der Waals surface area contributed by atoms with E-state index >= 15 is 4.39 Å². The first kappa shape index (κ1) is 33.5. The Balaban J connectivity index is 1.48. The summed E-state index contributed by atoms with van der Waals surface area (Å²) in [5.74, 6) is -2.56. The van der Waals surface area contributed by atoms with E-state index in [9.17, 15) is 18.4 Å². The monoisotopic (exact) mass is 630 g/mol. The molecule has 44 heavy (non-hydrogen) atoms. The summed E-state index contributed by atoms with van der Waals surface area (Å²) < 4.78 is 55.2. The van der Waals surface area contributed by atoms with E-state index in [1.54, 1.807) is 17.0 Å². The lowest BCUT2D eigenvalue weighted by Gasteiger charge is -2.40. The van der Waals surface area contributed by atoms with Gasteiger partial charge in [-0.3, -0.25) is 9.78 Å². The Kier molecular flexibility index (Phi) is 11.1.